The van der Waals surface area contributed by atoms with Gasteiger partial charge in [0.1, 0.15) is 11.6 Å². The van der Waals surface area contributed by atoms with E-state index >= 15 is 0 Å². The molecule has 28 heavy (non-hydrogen) atoms. The minimum atomic E-state index is -3.24. The summed E-state index contributed by atoms with van der Waals surface area (Å²) in [7, 11) is -3.24. The molecule has 0 saturated carbocycles. The molecule has 0 atom stereocenters. The highest BCUT2D eigenvalue weighted by atomic mass is 32.2. The molecule has 0 bridgehead atoms. The third-order valence-electron chi connectivity index (χ3n) is 3.96. The molecule has 2 rings (SSSR count). The molecule has 0 fully saturated rings. The normalized spacial score (nSPS) is 12.1. The standard InChI is InChI=1S/C20H25F2N3O2S/c1-3-23-20(24-11-10-15-4-7-18(21)8-5-15)25-13-17-12-19(22)9-6-16(17)14-28(2,26)27/h4-9,12H,3,10-11,13-14H2,1-2H3,(H2,23,24,25). The van der Waals surface area contributed by atoms with E-state index in [0.717, 1.165) is 11.8 Å². The first-order chi connectivity index (χ1) is 13.3. The van der Waals surface area contributed by atoms with Crippen LogP contribution in [-0.2, 0) is 28.6 Å². The number of nitrogens with one attached hydrogen (secondary N) is 2. The van der Waals surface area contributed by atoms with E-state index in [4.69, 9.17) is 0 Å². The van der Waals surface area contributed by atoms with E-state index in [-0.39, 0.29) is 18.1 Å². The second-order valence-electron chi connectivity index (χ2n) is 6.48. The highest BCUT2D eigenvalue weighted by molar-refractivity contribution is 7.89. The maximum Gasteiger partial charge on any atom is 0.191 e. The number of hydrogen-bond acceptors (Lipinski definition) is 3. The number of rotatable bonds is 8. The van der Waals surface area contributed by atoms with Gasteiger partial charge in [0.05, 0.1) is 12.3 Å². The first-order valence-corrected chi connectivity index (χ1v) is 11.0. The topological polar surface area (TPSA) is 70.6 Å². The van der Waals surface area contributed by atoms with E-state index < -0.39 is 15.7 Å². The number of nitrogens with zero attached hydrogens (tertiary/aromatic N) is 1. The Bertz CT molecular complexity index is 914. The Morgan fingerprint density at radius 3 is 2.32 bits per heavy atom. The minimum Gasteiger partial charge on any atom is -0.357 e. The summed E-state index contributed by atoms with van der Waals surface area (Å²) in [4.78, 5) is 4.43. The molecule has 2 N–H and O–H groups in total. The van der Waals surface area contributed by atoms with Crippen LogP contribution < -0.4 is 10.6 Å². The van der Waals surface area contributed by atoms with Gasteiger partial charge >= 0.3 is 0 Å². The molecule has 2 aromatic carbocycles. The van der Waals surface area contributed by atoms with E-state index in [9.17, 15) is 17.2 Å². The summed E-state index contributed by atoms with van der Waals surface area (Å²) in [5, 5.41) is 6.27. The Kier molecular flexibility index (Phi) is 7.92. The fourth-order valence-electron chi connectivity index (χ4n) is 2.65. The number of guanidine groups is 1. The second-order valence-corrected chi connectivity index (χ2v) is 8.62. The molecule has 0 spiro atoms. The molecule has 152 valence electrons. The molecule has 0 heterocycles. The number of hydrogen-bond donors (Lipinski definition) is 2. The van der Waals surface area contributed by atoms with Gasteiger partial charge in [0.2, 0.25) is 0 Å². The van der Waals surface area contributed by atoms with E-state index in [1.807, 2.05) is 6.92 Å². The summed E-state index contributed by atoms with van der Waals surface area (Å²) in [6.07, 6.45) is 1.83. The largest absolute Gasteiger partial charge is 0.357 e. The Labute approximate surface area is 164 Å². The summed E-state index contributed by atoms with van der Waals surface area (Å²) in [5.74, 6) is -0.324. The molecule has 0 aliphatic heterocycles. The van der Waals surface area contributed by atoms with Gasteiger partial charge in [-0.15, -0.1) is 0 Å². The van der Waals surface area contributed by atoms with Crippen molar-refractivity contribution < 1.29 is 17.2 Å². The monoisotopic (exact) mass is 409 g/mol. The molecule has 0 amide bonds. The summed E-state index contributed by atoms with van der Waals surface area (Å²) < 4.78 is 49.8. The molecule has 5 nitrogen and oxygen atoms in total. The van der Waals surface area contributed by atoms with Crippen molar-refractivity contribution in [1.29, 1.82) is 0 Å². The SMILES string of the molecule is CCNC(=NCc1cc(F)ccc1CS(C)(=O)=O)NCCc1ccc(F)cc1. The van der Waals surface area contributed by atoms with Crippen LogP contribution in [-0.4, -0.2) is 33.7 Å². The Hall–Kier alpha value is -2.48. The zero-order valence-electron chi connectivity index (χ0n) is 16.0. The predicted molar refractivity (Wildman–Crippen MR) is 108 cm³/mol. The van der Waals surface area contributed by atoms with E-state index in [0.29, 0.717) is 36.6 Å². The molecular weight excluding hydrogens is 384 g/mol. The first kappa shape index (κ1) is 21.8. The lowest BCUT2D eigenvalue weighted by Gasteiger charge is -2.12. The zero-order valence-corrected chi connectivity index (χ0v) is 16.8. The fraction of sp³-hybridized carbons (Fsp3) is 0.350. The van der Waals surface area contributed by atoms with Crippen molar-refractivity contribution in [2.24, 2.45) is 4.99 Å². The molecule has 0 aliphatic rings. The van der Waals surface area contributed by atoms with Gasteiger partial charge in [-0.1, -0.05) is 18.2 Å². The molecule has 2 aromatic rings. The maximum absolute atomic E-state index is 13.6. The van der Waals surface area contributed by atoms with Crippen LogP contribution in [0.25, 0.3) is 0 Å². The molecule has 8 heteroatoms. The molecule has 0 aromatic heterocycles. The van der Waals surface area contributed by atoms with Gasteiger partial charge in [-0.2, -0.15) is 0 Å². The highest BCUT2D eigenvalue weighted by Crippen LogP contribution is 2.15. The molecular formula is C20H25F2N3O2S. The maximum atomic E-state index is 13.6. The van der Waals surface area contributed by atoms with Crippen LogP contribution in [0, 0.1) is 11.6 Å². The van der Waals surface area contributed by atoms with Gasteiger partial charge < -0.3 is 10.6 Å². The lowest BCUT2D eigenvalue weighted by Crippen LogP contribution is -2.38. The Morgan fingerprint density at radius 1 is 1.00 bits per heavy atom. The summed E-state index contributed by atoms with van der Waals surface area (Å²) in [6.45, 7) is 3.29. The van der Waals surface area contributed by atoms with Crippen LogP contribution in [0.2, 0.25) is 0 Å². The van der Waals surface area contributed by atoms with Gasteiger partial charge in [-0.3, -0.25) is 0 Å². The Morgan fingerprint density at radius 2 is 1.68 bits per heavy atom. The molecule has 0 aliphatic carbocycles. The zero-order chi connectivity index (χ0) is 20.6. The van der Waals surface area contributed by atoms with Crippen molar-refractivity contribution in [2.75, 3.05) is 19.3 Å². The smallest absolute Gasteiger partial charge is 0.191 e. The molecule has 0 unspecified atom stereocenters. The van der Waals surface area contributed by atoms with Crippen LogP contribution in [0.15, 0.2) is 47.5 Å². The first-order valence-electron chi connectivity index (χ1n) is 8.98. The molecule has 0 radical (unpaired) electrons. The predicted octanol–water partition coefficient (Wildman–Crippen LogP) is 2.81. The van der Waals surface area contributed by atoms with Crippen LogP contribution >= 0.6 is 0 Å². The van der Waals surface area contributed by atoms with E-state index in [2.05, 4.69) is 15.6 Å². The number of aliphatic imine (C=N–C) groups is 1. The quantitative estimate of drug-likeness (QED) is 0.520. The lowest BCUT2D eigenvalue weighted by atomic mass is 10.1. The number of benzene rings is 2. The van der Waals surface area contributed by atoms with Crippen molar-refractivity contribution in [3.8, 4) is 0 Å². The fourth-order valence-corrected chi connectivity index (χ4v) is 3.49. The number of halogens is 2. The summed E-state index contributed by atoms with van der Waals surface area (Å²) >= 11 is 0. The van der Waals surface area contributed by atoms with E-state index in [1.54, 1.807) is 12.1 Å². The third-order valence-corrected chi connectivity index (χ3v) is 4.79. The highest BCUT2D eigenvalue weighted by Gasteiger charge is 2.10. The van der Waals surface area contributed by atoms with Gasteiger partial charge in [-0.05, 0) is 54.3 Å². The average Bonchev–Trinajstić information content (AvgIpc) is 2.62. The Balaban J connectivity index is 2.05. The van der Waals surface area contributed by atoms with Crippen molar-refractivity contribution in [3.63, 3.8) is 0 Å². The van der Waals surface area contributed by atoms with Crippen LogP contribution in [0.4, 0.5) is 8.78 Å². The van der Waals surface area contributed by atoms with Gasteiger partial charge in [0.25, 0.3) is 0 Å². The van der Waals surface area contributed by atoms with Gasteiger partial charge in [0, 0.05) is 19.3 Å². The number of sulfone groups is 1. The van der Waals surface area contributed by atoms with Crippen LogP contribution in [0.3, 0.4) is 0 Å². The van der Waals surface area contributed by atoms with E-state index in [1.165, 1.54) is 30.3 Å². The third kappa shape index (κ3) is 7.64. The van der Waals surface area contributed by atoms with Crippen molar-refractivity contribution in [3.05, 3.63) is 70.8 Å². The van der Waals surface area contributed by atoms with Gasteiger partial charge in [0.15, 0.2) is 15.8 Å². The summed E-state index contributed by atoms with van der Waals surface area (Å²) in [5.41, 5.74) is 2.06. The summed E-state index contributed by atoms with van der Waals surface area (Å²) in [6, 6.07) is 10.3. The van der Waals surface area contributed by atoms with Gasteiger partial charge in [-0.25, -0.2) is 22.2 Å². The van der Waals surface area contributed by atoms with Crippen molar-refractivity contribution >= 4 is 15.8 Å². The van der Waals surface area contributed by atoms with Crippen molar-refractivity contribution in [2.45, 2.75) is 25.6 Å². The molecule has 0 saturated heterocycles. The second kappa shape index (κ2) is 10.2. The minimum absolute atomic E-state index is 0.147. The average molecular weight is 410 g/mol. The van der Waals surface area contributed by atoms with Crippen LogP contribution in [0.5, 0.6) is 0 Å². The van der Waals surface area contributed by atoms with Crippen LogP contribution in [0.1, 0.15) is 23.6 Å². The van der Waals surface area contributed by atoms with Crippen molar-refractivity contribution in [1.82, 2.24) is 10.6 Å². The lowest BCUT2D eigenvalue weighted by molar-refractivity contribution is 0.600.